The fourth-order valence-corrected chi connectivity index (χ4v) is 1.35. The first kappa shape index (κ1) is 23.1. The predicted molar refractivity (Wildman–Crippen MR) is 65.3 cm³/mol. The lowest BCUT2D eigenvalue weighted by Crippen LogP contribution is -2.25. The van der Waals surface area contributed by atoms with Gasteiger partial charge in [0.2, 0.25) is 0 Å². The summed E-state index contributed by atoms with van der Waals surface area (Å²) in [7, 11) is 0. The third kappa shape index (κ3) is 9.88. The van der Waals surface area contributed by atoms with Crippen molar-refractivity contribution in [2.45, 2.75) is 63.0 Å². The minimum absolute atomic E-state index is 0. The Balaban J connectivity index is -0.000000135. The number of ether oxygens (including phenoxy) is 1. The van der Waals surface area contributed by atoms with Gasteiger partial charge in [-0.2, -0.15) is 0 Å². The molecule has 0 atom stereocenters. The van der Waals surface area contributed by atoms with Crippen molar-refractivity contribution in [3.8, 4) is 0 Å². The normalized spacial score (nSPS) is 9.23. The topological polar surface area (TPSA) is 9.23 Å². The third-order valence-corrected chi connectivity index (χ3v) is 1.67. The molecule has 0 aliphatic rings. The highest BCUT2D eigenvalue weighted by Crippen LogP contribution is 2.15. The van der Waals surface area contributed by atoms with Crippen LogP contribution in [0.1, 0.15) is 56.9 Å². The van der Waals surface area contributed by atoms with Crippen molar-refractivity contribution in [1.29, 1.82) is 0 Å². The van der Waals surface area contributed by atoms with Gasteiger partial charge in [-0.25, -0.2) is 0 Å². The Hall–Kier alpha value is -0.0400. The average molecular weight is 192 g/mol. The summed E-state index contributed by atoms with van der Waals surface area (Å²) in [6, 6.07) is 0. The maximum Gasteiger partial charge on any atom is 0.0620 e. The molecule has 0 aromatic carbocycles. The second-order valence-corrected chi connectivity index (χ2v) is 3.41. The Labute approximate surface area is 86.9 Å². The van der Waals surface area contributed by atoms with E-state index in [4.69, 9.17) is 4.74 Å². The molecule has 0 aromatic rings. The van der Waals surface area contributed by atoms with Gasteiger partial charge in [-0.05, 0) is 18.8 Å². The fraction of sp³-hybridized carbons (Fsp3) is 1.00. The molecular weight excluding hydrogens is 160 g/mol. The van der Waals surface area contributed by atoms with Crippen LogP contribution in [0.5, 0.6) is 0 Å². The average Bonchev–Trinajstić information content (AvgIpc) is 1.81. The van der Waals surface area contributed by atoms with Crippen LogP contribution in [0.25, 0.3) is 0 Å². The summed E-state index contributed by atoms with van der Waals surface area (Å²) < 4.78 is 5.56. The Kier molecular flexibility index (Phi) is 21.2. The first-order valence-electron chi connectivity index (χ1n) is 4.21. The van der Waals surface area contributed by atoms with Crippen molar-refractivity contribution in [2.75, 3.05) is 6.61 Å². The van der Waals surface area contributed by atoms with Crippen LogP contribution in [0.4, 0.5) is 0 Å². The molecule has 0 saturated heterocycles. The molecular formula is C12H32O. The molecule has 13 heavy (non-hydrogen) atoms. The molecule has 0 heterocycles. The maximum absolute atomic E-state index is 5.56. The van der Waals surface area contributed by atoms with Crippen LogP contribution in [0.2, 0.25) is 0 Å². The molecule has 1 nitrogen and oxygen atoms in total. The molecule has 0 fully saturated rings. The quantitative estimate of drug-likeness (QED) is 0.632. The Morgan fingerprint density at radius 3 is 1.23 bits per heavy atom. The fourth-order valence-electron chi connectivity index (χ4n) is 1.35. The van der Waals surface area contributed by atoms with Gasteiger partial charge in [0.05, 0.1) is 6.10 Å². The summed E-state index contributed by atoms with van der Waals surface area (Å²) in [5, 5.41) is 0. The van der Waals surface area contributed by atoms with Gasteiger partial charge in [0.1, 0.15) is 0 Å². The zero-order chi connectivity index (χ0) is 8.15. The number of rotatable bonds is 4. The Bertz CT molecular complexity index is 69.2. The van der Waals surface area contributed by atoms with Gasteiger partial charge in [0, 0.05) is 6.61 Å². The number of hydrogen-bond donors (Lipinski definition) is 0. The minimum atomic E-state index is 0. The summed E-state index contributed by atoms with van der Waals surface area (Å²) in [4.78, 5) is 0. The highest BCUT2D eigenvalue weighted by atomic mass is 16.5. The summed E-state index contributed by atoms with van der Waals surface area (Å²) >= 11 is 0. The lowest BCUT2D eigenvalue weighted by molar-refractivity contribution is -0.000762. The highest BCUT2D eigenvalue weighted by molar-refractivity contribution is 4.65. The highest BCUT2D eigenvalue weighted by Gasteiger charge is 2.16. The monoisotopic (exact) mass is 192 g/mol. The van der Waals surface area contributed by atoms with Crippen molar-refractivity contribution >= 4 is 0 Å². The van der Waals surface area contributed by atoms with Crippen molar-refractivity contribution in [3.63, 3.8) is 0 Å². The van der Waals surface area contributed by atoms with E-state index in [1.807, 2.05) is 0 Å². The lowest BCUT2D eigenvalue weighted by Gasteiger charge is -2.24. The molecule has 0 aliphatic carbocycles. The Morgan fingerprint density at radius 2 is 1.15 bits per heavy atom. The molecule has 0 radical (unpaired) electrons. The van der Waals surface area contributed by atoms with Crippen LogP contribution in [0.3, 0.4) is 0 Å². The van der Waals surface area contributed by atoms with Crippen molar-refractivity contribution in [2.24, 2.45) is 11.8 Å². The van der Waals surface area contributed by atoms with E-state index in [0.717, 1.165) is 6.61 Å². The smallest absolute Gasteiger partial charge is 0.0620 e. The van der Waals surface area contributed by atoms with Crippen LogP contribution in [0.15, 0.2) is 0 Å². The van der Waals surface area contributed by atoms with Crippen molar-refractivity contribution in [1.82, 2.24) is 0 Å². The molecule has 0 aromatic heterocycles. The van der Waals surface area contributed by atoms with Crippen LogP contribution < -0.4 is 0 Å². The first-order valence-corrected chi connectivity index (χ1v) is 4.21. The maximum atomic E-state index is 5.56. The van der Waals surface area contributed by atoms with Gasteiger partial charge in [0.15, 0.2) is 0 Å². The van der Waals surface area contributed by atoms with Gasteiger partial charge in [-0.3, -0.25) is 0 Å². The molecule has 0 spiro atoms. The molecule has 0 amide bonds. The van der Waals surface area contributed by atoms with E-state index in [9.17, 15) is 0 Å². The van der Waals surface area contributed by atoms with E-state index in [2.05, 4.69) is 34.6 Å². The molecule has 86 valence electrons. The van der Waals surface area contributed by atoms with E-state index in [1.165, 1.54) is 0 Å². The lowest BCUT2D eigenvalue weighted by atomic mass is 9.96. The predicted octanol–water partition coefficient (Wildman–Crippen LogP) is 4.61. The van der Waals surface area contributed by atoms with Gasteiger partial charge in [-0.15, -0.1) is 0 Å². The summed E-state index contributed by atoms with van der Waals surface area (Å²) in [6.45, 7) is 11.7. The zero-order valence-electron chi connectivity index (χ0n) is 7.85. The number of hydrogen-bond acceptors (Lipinski definition) is 1. The molecule has 1 heteroatoms. The van der Waals surface area contributed by atoms with Crippen molar-refractivity contribution in [3.05, 3.63) is 0 Å². The van der Waals surface area contributed by atoms with Crippen molar-refractivity contribution < 1.29 is 4.74 Å². The Morgan fingerprint density at radius 1 is 0.846 bits per heavy atom. The van der Waals surface area contributed by atoms with E-state index in [0.29, 0.717) is 17.9 Å². The minimum Gasteiger partial charge on any atom is -0.378 e. The van der Waals surface area contributed by atoms with Crippen LogP contribution in [0, 0.1) is 11.8 Å². The molecule has 0 bridgehead atoms. The molecule has 0 N–H and O–H groups in total. The summed E-state index contributed by atoms with van der Waals surface area (Å²) in [6.07, 6.45) is 0.435. The van der Waals surface area contributed by atoms with E-state index in [1.54, 1.807) is 0 Å². The molecule has 0 aliphatic heterocycles. The van der Waals surface area contributed by atoms with Gasteiger partial charge < -0.3 is 4.74 Å². The molecule has 0 saturated carbocycles. The van der Waals surface area contributed by atoms with Crippen LogP contribution in [-0.2, 0) is 4.74 Å². The largest absolute Gasteiger partial charge is 0.378 e. The SMILES string of the molecule is C.C.C.CCOC(C(C)C)C(C)C. The van der Waals surface area contributed by atoms with E-state index >= 15 is 0 Å². The van der Waals surface area contributed by atoms with Gasteiger partial charge in [-0.1, -0.05) is 50.0 Å². The van der Waals surface area contributed by atoms with Crippen LogP contribution >= 0.6 is 0 Å². The van der Waals surface area contributed by atoms with Gasteiger partial charge >= 0.3 is 0 Å². The third-order valence-electron chi connectivity index (χ3n) is 1.67. The second-order valence-electron chi connectivity index (χ2n) is 3.41. The van der Waals surface area contributed by atoms with Gasteiger partial charge in [0.25, 0.3) is 0 Å². The van der Waals surface area contributed by atoms with Crippen LogP contribution in [-0.4, -0.2) is 12.7 Å². The summed E-state index contributed by atoms with van der Waals surface area (Å²) in [5.74, 6) is 1.28. The summed E-state index contributed by atoms with van der Waals surface area (Å²) in [5.41, 5.74) is 0. The zero-order valence-corrected chi connectivity index (χ0v) is 7.85. The van der Waals surface area contributed by atoms with E-state index in [-0.39, 0.29) is 22.3 Å². The van der Waals surface area contributed by atoms with E-state index < -0.39 is 0 Å². The second kappa shape index (κ2) is 12.0. The molecule has 0 rings (SSSR count). The standard InChI is InChI=1S/C9H20O.3CH4/c1-6-10-9(7(2)3)8(4)5;;;/h7-9H,6H2,1-5H3;3*1H4. The first-order chi connectivity index (χ1) is 4.59. The molecule has 0 unspecified atom stereocenters.